The first kappa shape index (κ1) is 17.5. The lowest BCUT2D eigenvalue weighted by Gasteiger charge is -2.42. The maximum Gasteiger partial charge on any atom is 0.126 e. The molecule has 0 amide bonds. The molecule has 0 fully saturated rings. The molecule has 0 unspecified atom stereocenters. The van der Waals surface area contributed by atoms with Crippen molar-refractivity contribution in [1.29, 1.82) is 0 Å². The van der Waals surface area contributed by atoms with Gasteiger partial charge in [0.2, 0.25) is 0 Å². The summed E-state index contributed by atoms with van der Waals surface area (Å²) in [5.74, 6) is 0.510. The van der Waals surface area contributed by atoms with E-state index in [0.29, 0.717) is 5.75 Å². The lowest BCUT2D eigenvalue weighted by Crippen LogP contribution is -2.32. The van der Waals surface area contributed by atoms with Crippen molar-refractivity contribution in [3.8, 4) is 5.75 Å². The molecule has 0 aliphatic heterocycles. The Morgan fingerprint density at radius 3 is 1.60 bits per heavy atom. The third kappa shape index (κ3) is 3.76. The molecule has 0 bridgehead atoms. The van der Waals surface area contributed by atoms with E-state index in [9.17, 15) is 5.11 Å². The summed E-state index contributed by atoms with van der Waals surface area (Å²) >= 11 is 0. The Morgan fingerprint density at radius 1 is 0.800 bits per heavy atom. The Hall–Kier alpha value is -0.550. The number of hydrogen-bond donors (Lipinski definition) is 1. The number of phenols is 1. The van der Waals surface area contributed by atoms with Gasteiger partial charge in [-0.1, -0.05) is 88.4 Å². The van der Waals surface area contributed by atoms with E-state index in [1.165, 1.54) is 0 Å². The molecule has 1 nitrogen and oxygen atoms in total. The van der Waals surface area contributed by atoms with Gasteiger partial charge >= 0.3 is 0 Å². The largest absolute Gasteiger partial charge is 0.507 e. The number of rotatable bonds is 1. The van der Waals surface area contributed by atoms with Gasteiger partial charge in [-0.25, -0.2) is 0 Å². The molecule has 0 atom stereocenters. The molecule has 0 aliphatic rings. The van der Waals surface area contributed by atoms with Crippen molar-refractivity contribution in [3.63, 3.8) is 0 Å². The lowest BCUT2D eigenvalue weighted by molar-refractivity contribution is 0.450. The van der Waals surface area contributed by atoms with Crippen LogP contribution in [0.2, 0.25) is 0 Å². The molecule has 0 aliphatic carbocycles. The molecular formula is C18H31OP. The first-order valence-electron chi connectivity index (χ1n) is 7.39. The molecule has 0 radical (unpaired) electrons. The van der Waals surface area contributed by atoms with Gasteiger partial charge in [0.15, 0.2) is 0 Å². The number of para-hydroxylation sites is 1. The predicted molar refractivity (Wildman–Crippen MR) is 92.9 cm³/mol. The summed E-state index contributed by atoms with van der Waals surface area (Å²) in [5, 5.41) is 12.3. The highest BCUT2D eigenvalue weighted by atomic mass is 31.1. The normalized spacial score (nSPS) is 13.9. The molecule has 0 spiro atoms. The third-order valence-electron chi connectivity index (χ3n) is 3.41. The average molecular weight is 294 g/mol. The number of phenolic OH excluding ortho intramolecular Hbond substituents is 1. The van der Waals surface area contributed by atoms with E-state index < -0.39 is 7.92 Å². The van der Waals surface area contributed by atoms with Crippen molar-refractivity contribution in [2.75, 3.05) is 0 Å². The molecule has 20 heavy (non-hydrogen) atoms. The van der Waals surface area contributed by atoms with Crippen LogP contribution in [0.25, 0.3) is 0 Å². The van der Waals surface area contributed by atoms with Crippen molar-refractivity contribution < 1.29 is 5.11 Å². The quantitative estimate of drug-likeness (QED) is 0.688. The van der Waals surface area contributed by atoms with Gasteiger partial charge in [-0.05, 0) is 21.3 Å². The fourth-order valence-electron chi connectivity index (χ4n) is 3.05. The Morgan fingerprint density at radius 2 is 1.25 bits per heavy atom. The maximum absolute atomic E-state index is 10.8. The highest BCUT2D eigenvalue weighted by Gasteiger charge is 2.38. The van der Waals surface area contributed by atoms with Crippen LogP contribution in [-0.4, -0.2) is 15.4 Å². The van der Waals surface area contributed by atoms with Crippen molar-refractivity contribution in [2.45, 2.75) is 78.0 Å². The second-order valence-electron chi connectivity index (χ2n) is 8.60. The standard InChI is InChI=1S/C18H31OP/c1-16(2,3)13-11-10-12-14(15(13)19)20(17(4,5)6)18(7,8)9/h10-12,19H,1-9H3. The average Bonchev–Trinajstić information content (AvgIpc) is 2.14. The molecular weight excluding hydrogens is 263 g/mol. The monoisotopic (exact) mass is 294 g/mol. The molecule has 0 saturated heterocycles. The first-order chi connectivity index (χ1) is 8.76. The minimum Gasteiger partial charge on any atom is -0.507 e. The lowest BCUT2D eigenvalue weighted by atomic mass is 9.86. The van der Waals surface area contributed by atoms with Crippen molar-refractivity contribution in [3.05, 3.63) is 23.8 Å². The second kappa shape index (κ2) is 5.34. The summed E-state index contributed by atoms with van der Waals surface area (Å²) in [5.41, 5.74) is 1.02. The van der Waals surface area contributed by atoms with Crippen molar-refractivity contribution in [2.24, 2.45) is 0 Å². The van der Waals surface area contributed by atoms with Crippen LogP contribution in [0.4, 0.5) is 0 Å². The summed E-state index contributed by atoms with van der Waals surface area (Å²) in [4.78, 5) is 0. The van der Waals surface area contributed by atoms with Crippen molar-refractivity contribution in [1.82, 2.24) is 0 Å². The van der Waals surface area contributed by atoms with Gasteiger partial charge < -0.3 is 5.11 Å². The second-order valence-corrected chi connectivity index (χ2v) is 12.4. The van der Waals surface area contributed by atoms with Gasteiger partial charge in [-0.15, -0.1) is 0 Å². The van der Waals surface area contributed by atoms with Gasteiger partial charge in [-0.3, -0.25) is 0 Å². The molecule has 2 heteroatoms. The van der Waals surface area contributed by atoms with Crippen LogP contribution in [0.5, 0.6) is 5.75 Å². The van der Waals surface area contributed by atoms with Crippen LogP contribution >= 0.6 is 7.92 Å². The van der Waals surface area contributed by atoms with E-state index in [0.717, 1.165) is 10.9 Å². The van der Waals surface area contributed by atoms with E-state index in [4.69, 9.17) is 0 Å². The van der Waals surface area contributed by atoms with Crippen LogP contribution in [0, 0.1) is 0 Å². The van der Waals surface area contributed by atoms with Crippen LogP contribution in [0.3, 0.4) is 0 Å². The molecule has 0 heterocycles. The molecule has 114 valence electrons. The maximum atomic E-state index is 10.8. The number of hydrogen-bond acceptors (Lipinski definition) is 1. The summed E-state index contributed by atoms with van der Waals surface area (Å²) in [6.45, 7) is 20.2. The molecule has 1 rings (SSSR count). The molecule has 0 saturated carbocycles. The zero-order valence-corrected chi connectivity index (χ0v) is 15.5. The predicted octanol–water partition coefficient (Wildman–Crippen LogP) is 5.39. The molecule has 0 aromatic heterocycles. The number of aromatic hydroxyl groups is 1. The summed E-state index contributed by atoms with van der Waals surface area (Å²) in [6, 6.07) is 6.27. The summed E-state index contributed by atoms with van der Waals surface area (Å²) in [7, 11) is -0.472. The van der Waals surface area contributed by atoms with Crippen LogP contribution < -0.4 is 5.30 Å². The van der Waals surface area contributed by atoms with E-state index in [-0.39, 0.29) is 15.7 Å². The molecule has 1 aromatic carbocycles. The van der Waals surface area contributed by atoms with Crippen LogP contribution in [0.15, 0.2) is 18.2 Å². The van der Waals surface area contributed by atoms with Crippen LogP contribution in [0.1, 0.15) is 67.9 Å². The highest BCUT2D eigenvalue weighted by molar-refractivity contribution is 7.68. The van der Waals surface area contributed by atoms with E-state index in [1.54, 1.807) is 0 Å². The SMILES string of the molecule is CC(C)(C)c1cccc(P(C(C)(C)C)C(C)(C)C)c1O. The molecule has 1 N–H and O–H groups in total. The van der Waals surface area contributed by atoms with Crippen LogP contribution in [-0.2, 0) is 5.41 Å². The zero-order valence-electron chi connectivity index (χ0n) is 14.6. The fourth-order valence-corrected chi connectivity index (χ4v) is 7.07. The summed E-state index contributed by atoms with van der Waals surface area (Å²) < 4.78 is 0. The zero-order chi connectivity index (χ0) is 15.9. The minimum atomic E-state index is -0.472. The third-order valence-corrected chi connectivity index (χ3v) is 6.93. The van der Waals surface area contributed by atoms with Gasteiger partial charge in [0.1, 0.15) is 5.75 Å². The minimum absolute atomic E-state index is 0.0309. The van der Waals surface area contributed by atoms with E-state index in [2.05, 4.69) is 80.5 Å². The Kier molecular flexibility index (Phi) is 4.67. The fraction of sp³-hybridized carbons (Fsp3) is 0.667. The van der Waals surface area contributed by atoms with Gasteiger partial charge in [-0.2, -0.15) is 0 Å². The van der Waals surface area contributed by atoms with Gasteiger partial charge in [0.25, 0.3) is 0 Å². The summed E-state index contributed by atoms with van der Waals surface area (Å²) in [6.07, 6.45) is 0. The molecule has 1 aromatic rings. The van der Waals surface area contributed by atoms with Gasteiger partial charge in [0.05, 0.1) is 0 Å². The van der Waals surface area contributed by atoms with Crippen molar-refractivity contribution >= 4 is 13.2 Å². The van der Waals surface area contributed by atoms with E-state index in [1.807, 2.05) is 0 Å². The topological polar surface area (TPSA) is 20.2 Å². The first-order valence-corrected chi connectivity index (χ1v) is 8.73. The number of benzene rings is 1. The Balaban J connectivity index is 3.52. The van der Waals surface area contributed by atoms with E-state index >= 15 is 0 Å². The van der Waals surface area contributed by atoms with Gasteiger partial charge in [0, 0.05) is 5.30 Å². The highest BCUT2D eigenvalue weighted by Crippen LogP contribution is 2.59. The smallest absolute Gasteiger partial charge is 0.126 e. The Bertz CT molecular complexity index is 456. The Labute approximate surface area is 126 Å².